The van der Waals surface area contributed by atoms with E-state index in [9.17, 15) is 0 Å². The van der Waals surface area contributed by atoms with Crippen LogP contribution in [0.3, 0.4) is 0 Å². The standard InChI is InChI=1S/C17H18N4O2/c1-21-12-15(11-18-21)19-20-17-14(6-4-8-23-17)9-13-5-3-7-16(10-13)22-2/h3-7,9-12,19H,8H2,1-2H3. The molecule has 0 unspecified atom stereocenters. The average Bonchev–Trinajstić information content (AvgIpc) is 3.00. The lowest BCUT2D eigenvalue weighted by atomic mass is 10.1. The molecular weight excluding hydrogens is 292 g/mol. The Kier molecular flexibility index (Phi) is 4.42. The molecule has 2 heterocycles. The predicted octanol–water partition coefficient (Wildman–Crippen LogP) is 2.82. The van der Waals surface area contributed by atoms with Crippen molar-refractivity contribution in [2.45, 2.75) is 0 Å². The topological polar surface area (TPSA) is 60.7 Å². The Morgan fingerprint density at radius 3 is 3.13 bits per heavy atom. The summed E-state index contributed by atoms with van der Waals surface area (Å²) in [4.78, 5) is 0. The summed E-state index contributed by atoms with van der Waals surface area (Å²) in [6, 6.07) is 7.82. The zero-order chi connectivity index (χ0) is 16.1. The van der Waals surface area contributed by atoms with Crippen LogP contribution >= 0.6 is 0 Å². The van der Waals surface area contributed by atoms with E-state index in [1.165, 1.54) is 0 Å². The van der Waals surface area contributed by atoms with Crippen LogP contribution in [0.15, 0.2) is 59.5 Å². The number of aromatic nitrogens is 2. The maximum Gasteiger partial charge on any atom is 0.238 e. The Hall–Kier alpha value is -3.02. The summed E-state index contributed by atoms with van der Waals surface area (Å²) in [7, 11) is 3.51. The minimum Gasteiger partial charge on any atom is -0.497 e. The number of methoxy groups -OCH3 is 1. The quantitative estimate of drug-likeness (QED) is 0.882. The molecule has 23 heavy (non-hydrogen) atoms. The van der Waals surface area contributed by atoms with Crippen LogP contribution in [-0.4, -0.2) is 29.4 Å². The molecule has 1 aromatic carbocycles. The largest absolute Gasteiger partial charge is 0.497 e. The second-order valence-electron chi connectivity index (χ2n) is 5.02. The molecule has 0 bridgehead atoms. The highest BCUT2D eigenvalue weighted by atomic mass is 16.5. The lowest BCUT2D eigenvalue weighted by Crippen LogP contribution is -2.13. The fourth-order valence-electron chi connectivity index (χ4n) is 2.17. The molecule has 1 aromatic heterocycles. The molecule has 0 fully saturated rings. The first-order chi connectivity index (χ1) is 11.2. The van der Waals surface area contributed by atoms with Crippen molar-refractivity contribution in [1.29, 1.82) is 0 Å². The van der Waals surface area contributed by atoms with E-state index in [0.29, 0.717) is 12.5 Å². The summed E-state index contributed by atoms with van der Waals surface area (Å²) < 4.78 is 12.6. The fraction of sp³-hybridized carbons (Fsp3) is 0.176. The van der Waals surface area contributed by atoms with Crippen molar-refractivity contribution in [3.63, 3.8) is 0 Å². The highest BCUT2D eigenvalue weighted by Gasteiger charge is 2.11. The van der Waals surface area contributed by atoms with E-state index >= 15 is 0 Å². The molecular formula is C17H18N4O2. The van der Waals surface area contributed by atoms with Crippen LogP contribution in [0.2, 0.25) is 0 Å². The maximum atomic E-state index is 5.62. The van der Waals surface area contributed by atoms with Gasteiger partial charge in [0.1, 0.15) is 12.4 Å². The Balaban J connectivity index is 1.84. The molecule has 2 aromatic rings. The highest BCUT2D eigenvalue weighted by Crippen LogP contribution is 2.18. The second kappa shape index (κ2) is 6.83. The SMILES string of the molecule is COc1cccc(C=C2C=CCOC2=NNc2cnn(C)c2)c1. The van der Waals surface area contributed by atoms with Gasteiger partial charge in [0.15, 0.2) is 0 Å². The molecule has 1 aliphatic heterocycles. The van der Waals surface area contributed by atoms with Crippen molar-refractivity contribution in [3.05, 3.63) is 59.9 Å². The molecule has 0 saturated carbocycles. The first kappa shape index (κ1) is 14.9. The Labute approximate surface area is 134 Å². The number of nitrogens with zero attached hydrogens (tertiary/aromatic N) is 3. The van der Waals surface area contributed by atoms with Crippen LogP contribution < -0.4 is 10.2 Å². The summed E-state index contributed by atoms with van der Waals surface area (Å²) in [6.07, 6.45) is 9.49. The molecule has 0 amide bonds. The molecule has 0 radical (unpaired) electrons. The van der Waals surface area contributed by atoms with Gasteiger partial charge in [0, 0.05) is 18.8 Å². The second-order valence-corrected chi connectivity index (χ2v) is 5.02. The van der Waals surface area contributed by atoms with Gasteiger partial charge in [-0.1, -0.05) is 18.2 Å². The number of nitrogens with one attached hydrogen (secondary N) is 1. The number of hydrogen-bond donors (Lipinski definition) is 1. The molecule has 1 N–H and O–H groups in total. The first-order valence-corrected chi connectivity index (χ1v) is 7.22. The minimum atomic E-state index is 0.503. The van der Waals surface area contributed by atoms with Crippen LogP contribution in [0.25, 0.3) is 6.08 Å². The van der Waals surface area contributed by atoms with E-state index < -0.39 is 0 Å². The number of rotatable bonds is 4. The fourth-order valence-corrected chi connectivity index (χ4v) is 2.17. The van der Waals surface area contributed by atoms with E-state index in [-0.39, 0.29) is 0 Å². The van der Waals surface area contributed by atoms with Crippen molar-refractivity contribution in [3.8, 4) is 5.75 Å². The summed E-state index contributed by atoms with van der Waals surface area (Å²) in [6.45, 7) is 0.503. The van der Waals surface area contributed by atoms with Crippen LogP contribution in [0.5, 0.6) is 5.75 Å². The van der Waals surface area contributed by atoms with Crippen molar-refractivity contribution >= 4 is 17.7 Å². The predicted molar refractivity (Wildman–Crippen MR) is 90.3 cm³/mol. The third-order valence-electron chi connectivity index (χ3n) is 3.27. The Morgan fingerprint density at radius 2 is 2.35 bits per heavy atom. The number of hydrogen-bond acceptors (Lipinski definition) is 5. The van der Waals surface area contributed by atoms with Gasteiger partial charge in [-0.2, -0.15) is 5.10 Å². The molecule has 1 aliphatic rings. The van der Waals surface area contributed by atoms with Crippen molar-refractivity contribution in [2.75, 3.05) is 19.1 Å². The van der Waals surface area contributed by atoms with E-state index in [1.54, 1.807) is 18.0 Å². The lowest BCUT2D eigenvalue weighted by Gasteiger charge is -2.13. The van der Waals surface area contributed by atoms with Gasteiger partial charge in [0.25, 0.3) is 0 Å². The Bertz CT molecular complexity index is 774. The van der Waals surface area contributed by atoms with Crippen LogP contribution in [0, 0.1) is 0 Å². The van der Waals surface area contributed by atoms with Crippen LogP contribution in [-0.2, 0) is 11.8 Å². The van der Waals surface area contributed by atoms with Gasteiger partial charge in [-0.15, -0.1) is 5.10 Å². The van der Waals surface area contributed by atoms with Gasteiger partial charge in [-0.3, -0.25) is 10.1 Å². The third-order valence-corrected chi connectivity index (χ3v) is 3.27. The average molecular weight is 310 g/mol. The monoisotopic (exact) mass is 310 g/mol. The smallest absolute Gasteiger partial charge is 0.238 e. The Morgan fingerprint density at radius 1 is 1.43 bits per heavy atom. The van der Waals surface area contributed by atoms with Crippen LogP contribution in [0.1, 0.15) is 5.56 Å². The van der Waals surface area contributed by atoms with Gasteiger partial charge >= 0.3 is 0 Å². The third kappa shape index (κ3) is 3.79. The van der Waals surface area contributed by atoms with E-state index in [0.717, 1.165) is 22.6 Å². The summed E-state index contributed by atoms with van der Waals surface area (Å²) in [5.41, 5.74) is 5.67. The number of hydrazone groups is 1. The highest BCUT2D eigenvalue weighted by molar-refractivity contribution is 6.01. The van der Waals surface area contributed by atoms with Crippen LogP contribution in [0.4, 0.5) is 5.69 Å². The van der Waals surface area contributed by atoms with E-state index in [4.69, 9.17) is 9.47 Å². The number of anilines is 1. The van der Waals surface area contributed by atoms with Gasteiger partial charge in [-0.25, -0.2) is 0 Å². The zero-order valence-corrected chi connectivity index (χ0v) is 13.1. The van der Waals surface area contributed by atoms with Gasteiger partial charge in [0.05, 0.1) is 19.0 Å². The molecule has 6 heteroatoms. The van der Waals surface area contributed by atoms with Gasteiger partial charge in [0.2, 0.25) is 5.90 Å². The molecule has 6 nitrogen and oxygen atoms in total. The number of ether oxygens (including phenoxy) is 2. The summed E-state index contributed by atoms with van der Waals surface area (Å²) in [5, 5.41) is 8.42. The molecule has 0 atom stereocenters. The molecule has 0 spiro atoms. The molecule has 3 rings (SSSR count). The van der Waals surface area contributed by atoms with Gasteiger partial charge < -0.3 is 9.47 Å². The molecule has 0 saturated heterocycles. The van der Waals surface area contributed by atoms with Crippen molar-refractivity contribution < 1.29 is 9.47 Å². The molecule has 118 valence electrons. The lowest BCUT2D eigenvalue weighted by molar-refractivity contribution is 0.346. The summed E-state index contributed by atoms with van der Waals surface area (Å²) >= 11 is 0. The van der Waals surface area contributed by atoms with E-state index in [1.807, 2.05) is 55.7 Å². The minimum absolute atomic E-state index is 0.503. The number of aryl methyl sites for hydroxylation is 1. The first-order valence-electron chi connectivity index (χ1n) is 7.22. The zero-order valence-electron chi connectivity index (χ0n) is 13.1. The molecule has 0 aliphatic carbocycles. The van der Waals surface area contributed by atoms with E-state index in [2.05, 4.69) is 15.6 Å². The maximum absolute atomic E-state index is 5.62. The van der Waals surface area contributed by atoms with Crippen molar-refractivity contribution in [2.24, 2.45) is 12.1 Å². The number of benzene rings is 1. The van der Waals surface area contributed by atoms with Crippen molar-refractivity contribution in [1.82, 2.24) is 9.78 Å². The normalized spacial score (nSPS) is 17.3. The summed E-state index contributed by atoms with van der Waals surface area (Å²) in [5.74, 6) is 1.35. The van der Waals surface area contributed by atoms with Gasteiger partial charge in [-0.05, 0) is 29.8 Å².